The van der Waals surface area contributed by atoms with Crippen LogP contribution in [0.1, 0.15) is 25.2 Å². The molecule has 3 aromatic rings. The van der Waals surface area contributed by atoms with Crippen LogP contribution in [0.5, 0.6) is 0 Å². The molecule has 3 rings (SSSR count). The van der Waals surface area contributed by atoms with Gasteiger partial charge in [0.2, 0.25) is 10.4 Å². The first-order valence-electron chi connectivity index (χ1n) is 8.77. The lowest BCUT2D eigenvalue weighted by molar-refractivity contribution is -0.674. The average molecular weight is 430 g/mol. The Bertz CT molecular complexity index is 1080. The lowest BCUT2D eigenvalue weighted by atomic mass is 10.2. The van der Waals surface area contributed by atoms with Crippen molar-refractivity contribution in [2.45, 2.75) is 33.5 Å². The van der Waals surface area contributed by atoms with E-state index >= 15 is 0 Å². The number of alkyl halides is 3. The van der Waals surface area contributed by atoms with Gasteiger partial charge in [0.1, 0.15) is 5.69 Å². The Hall–Kier alpha value is -2.43. The minimum absolute atomic E-state index is 0.0914. The smallest absolute Gasteiger partial charge is 0.416 e. The number of halogens is 3. The Kier molecular flexibility index (Phi) is 7.04. The van der Waals surface area contributed by atoms with E-state index in [4.69, 9.17) is 0 Å². The van der Waals surface area contributed by atoms with Gasteiger partial charge >= 0.3 is 6.18 Å². The molecule has 1 heterocycles. The molecular formula is C19H21F3N2O4S. The molecule has 0 unspecified atom stereocenters. The SMILES string of the molecule is CCOS(=O)(=O)[O-].CC[n+]1c(C)n(-c2ccccc2)c2ccc(C(F)(F)F)cc21. The van der Waals surface area contributed by atoms with Gasteiger partial charge in [0.15, 0.2) is 11.0 Å². The Morgan fingerprint density at radius 2 is 1.72 bits per heavy atom. The van der Waals surface area contributed by atoms with Crippen molar-refractivity contribution in [3.8, 4) is 5.69 Å². The largest absolute Gasteiger partial charge is 0.726 e. The van der Waals surface area contributed by atoms with Gasteiger partial charge in [-0.3, -0.25) is 4.18 Å². The monoisotopic (exact) mass is 430 g/mol. The summed E-state index contributed by atoms with van der Waals surface area (Å²) < 4.78 is 74.8. The van der Waals surface area contributed by atoms with E-state index in [0.29, 0.717) is 12.1 Å². The van der Waals surface area contributed by atoms with E-state index in [0.717, 1.165) is 23.1 Å². The molecule has 2 aromatic carbocycles. The second-order valence-electron chi connectivity index (χ2n) is 5.98. The molecule has 0 saturated heterocycles. The van der Waals surface area contributed by atoms with Gasteiger partial charge in [-0.05, 0) is 38.1 Å². The Balaban J connectivity index is 0.000000370. The number of nitrogens with zero attached hydrogens (tertiary/aromatic N) is 2. The van der Waals surface area contributed by atoms with Gasteiger partial charge < -0.3 is 4.55 Å². The van der Waals surface area contributed by atoms with Crippen LogP contribution in [-0.4, -0.2) is 24.1 Å². The first kappa shape index (κ1) is 22.9. The van der Waals surface area contributed by atoms with Gasteiger partial charge in [0, 0.05) is 13.0 Å². The summed E-state index contributed by atoms with van der Waals surface area (Å²) in [6.45, 7) is 5.80. The summed E-state index contributed by atoms with van der Waals surface area (Å²) in [5, 5.41) is 0. The molecule has 0 saturated carbocycles. The van der Waals surface area contributed by atoms with Crippen LogP contribution in [-0.2, 0) is 27.3 Å². The van der Waals surface area contributed by atoms with Crippen LogP contribution in [0.2, 0.25) is 0 Å². The number of aromatic nitrogens is 2. The molecule has 158 valence electrons. The van der Waals surface area contributed by atoms with Crippen LogP contribution in [0.3, 0.4) is 0 Å². The van der Waals surface area contributed by atoms with E-state index in [-0.39, 0.29) is 6.61 Å². The van der Waals surface area contributed by atoms with Crippen molar-refractivity contribution in [1.82, 2.24) is 4.57 Å². The van der Waals surface area contributed by atoms with Gasteiger partial charge in [-0.1, -0.05) is 18.2 Å². The van der Waals surface area contributed by atoms with E-state index in [1.165, 1.54) is 13.0 Å². The minimum atomic E-state index is -4.42. The van der Waals surface area contributed by atoms with Crippen LogP contribution < -0.4 is 4.57 Å². The van der Waals surface area contributed by atoms with Crippen LogP contribution in [0.25, 0.3) is 16.7 Å². The highest BCUT2D eigenvalue weighted by Crippen LogP contribution is 2.31. The molecule has 0 aliphatic rings. The first-order chi connectivity index (χ1) is 13.5. The minimum Gasteiger partial charge on any atom is -0.726 e. The fraction of sp³-hybridized carbons (Fsp3) is 0.316. The molecule has 0 aliphatic carbocycles. The van der Waals surface area contributed by atoms with Crippen molar-refractivity contribution in [2.24, 2.45) is 0 Å². The highest BCUT2D eigenvalue weighted by Gasteiger charge is 2.33. The molecule has 0 bridgehead atoms. The van der Waals surface area contributed by atoms with Crippen LogP contribution in [0.15, 0.2) is 48.5 Å². The predicted octanol–water partition coefficient (Wildman–Crippen LogP) is 3.75. The molecule has 0 radical (unpaired) electrons. The Morgan fingerprint density at radius 3 is 2.17 bits per heavy atom. The maximum atomic E-state index is 13.0. The second-order valence-corrected chi connectivity index (χ2v) is 7.03. The molecule has 29 heavy (non-hydrogen) atoms. The number of benzene rings is 2. The zero-order chi connectivity index (χ0) is 21.8. The molecule has 0 spiro atoms. The van der Waals surface area contributed by atoms with Gasteiger partial charge in [-0.25, -0.2) is 13.0 Å². The van der Waals surface area contributed by atoms with E-state index in [2.05, 4.69) is 4.18 Å². The third-order valence-electron chi connectivity index (χ3n) is 4.14. The number of imidazole rings is 1. The lowest BCUT2D eigenvalue weighted by Crippen LogP contribution is -2.35. The molecule has 0 N–H and O–H groups in total. The van der Waals surface area contributed by atoms with E-state index < -0.39 is 22.1 Å². The lowest BCUT2D eigenvalue weighted by Gasteiger charge is -2.05. The summed E-state index contributed by atoms with van der Waals surface area (Å²) in [6, 6.07) is 13.6. The van der Waals surface area contributed by atoms with Gasteiger partial charge in [0.05, 0.1) is 18.7 Å². The molecule has 6 nitrogen and oxygen atoms in total. The number of rotatable bonds is 4. The van der Waals surface area contributed by atoms with Crippen molar-refractivity contribution in [3.05, 3.63) is 59.9 Å². The van der Waals surface area contributed by atoms with Crippen molar-refractivity contribution < 1.29 is 34.9 Å². The van der Waals surface area contributed by atoms with Crippen molar-refractivity contribution >= 4 is 21.4 Å². The summed E-state index contributed by atoms with van der Waals surface area (Å²) in [5.41, 5.74) is 1.70. The second kappa shape index (κ2) is 8.93. The van der Waals surface area contributed by atoms with Gasteiger partial charge in [-0.15, -0.1) is 0 Å². The average Bonchev–Trinajstić information content (AvgIpc) is 2.91. The molecule has 1 aromatic heterocycles. The summed E-state index contributed by atoms with van der Waals surface area (Å²) in [6.07, 6.45) is -4.33. The molecule has 0 aliphatic heterocycles. The van der Waals surface area contributed by atoms with Gasteiger partial charge in [0.25, 0.3) is 5.82 Å². The van der Waals surface area contributed by atoms with Crippen LogP contribution >= 0.6 is 0 Å². The van der Waals surface area contributed by atoms with Crippen molar-refractivity contribution in [3.63, 3.8) is 0 Å². The number of para-hydroxylation sites is 1. The predicted molar refractivity (Wildman–Crippen MR) is 100 cm³/mol. The summed E-state index contributed by atoms with van der Waals surface area (Å²) >= 11 is 0. The van der Waals surface area contributed by atoms with E-state index in [1.807, 2.05) is 53.3 Å². The maximum absolute atomic E-state index is 13.0. The summed E-state index contributed by atoms with van der Waals surface area (Å²) in [4.78, 5) is 0. The fourth-order valence-corrected chi connectivity index (χ4v) is 3.31. The number of fused-ring (bicyclic) bond motifs is 1. The van der Waals surface area contributed by atoms with Gasteiger partial charge in [-0.2, -0.15) is 17.7 Å². The number of aryl methyl sites for hydroxylation is 1. The normalized spacial score (nSPS) is 12.0. The highest BCUT2D eigenvalue weighted by atomic mass is 32.3. The zero-order valence-electron chi connectivity index (χ0n) is 16.1. The van der Waals surface area contributed by atoms with Crippen molar-refractivity contribution in [2.75, 3.05) is 6.61 Å². The molecule has 0 atom stereocenters. The summed E-state index contributed by atoms with van der Waals surface area (Å²) in [5.74, 6) is 0.906. The van der Waals surface area contributed by atoms with Crippen LogP contribution in [0, 0.1) is 6.92 Å². The highest BCUT2D eigenvalue weighted by molar-refractivity contribution is 7.80. The quantitative estimate of drug-likeness (QED) is 0.359. The molecule has 10 heteroatoms. The number of hydrogen-bond acceptors (Lipinski definition) is 4. The maximum Gasteiger partial charge on any atom is 0.416 e. The molecular weight excluding hydrogens is 409 g/mol. The third-order valence-corrected chi connectivity index (χ3v) is 4.67. The van der Waals surface area contributed by atoms with E-state index in [1.54, 1.807) is 6.07 Å². The zero-order valence-corrected chi connectivity index (χ0v) is 16.9. The van der Waals surface area contributed by atoms with Crippen molar-refractivity contribution in [1.29, 1.82) is 0 Å². The summed E-state index contributed by atoms with van der Waals surface area (Å²) in [7, 11) is -4.42. The van der Waals surface area contributed by atoms with E-state index in [9.17, 15) is 26.1 Å². The molecule has 0 amide bonds. The molecule has 0 fully saturated rings. The standard InChI is InChI=1S/C17H16F3N2.C2H6O4S/c1-3-21-12(2)22(14-7-5-4-6-8-14)15-10-9-13(11-16(15)21)17(18,19)20;1-2-6-7(3,4)5/h4-11H,3H2,1-2H3;2H2,1H3,(H,3,4,5)/q+1;/p-1. The topological polar surface area (TPSA) is 75.2 Å². The van der Waals surface area contributed by atoms with Crippen LogP contribution in [0.4, 0.5) is 13.2 Å². The third kappa shape index (κ3) is 5.55. The Morgan fingerprint density at radius 1 is 1.10 bits per heavy atom. The fourth-order valence-electron chi connectivity index (χ4n) is 3.02. The number of hydrogen-bond donors (Lipinski definition) is 0. The Labute approximate surface area is 167 Å². The first-order valence-corrected chi connectivity index (χ1v) is 10.1.